The molecule has 0 aromatic carbocycles. The van der Waals surface area contributed by atoms with Crippen molar-refractivity contribution in [3.8, 4) is 0 Å². The number of hydrogen-bond donors (Lipinski definition) is 2. The molecule has 1 rings (SSSR count). The lowest BCUT2D eigenvalue weighted by molar-refractivity contribution is 0.137. The Bertz CT molecular complexity index is 257. The summed E-state index contributed by atoms with van der Waals surface area (Å²) in [6.07, 6.45) is 3.47. The molecule has 0 bridgehead atoms. The zero-order chi connectivity index (χ0) is 9.84. The minimum Gasteiger partial charge on any atom is -0.387 e. The molecule has 0 fully saturated rings. The first-order valence-corrected chi connectivity index (χ1v) is 4.68. The van der Waals surface area contributed by atoms with Gasteiger partial charge in [0.1, 0.15) is 0 Å². The Kier molecular flexibility index (Phi) is 3.51. The smallest absolute Gasteiger partial charge is 0.0954 e. The van der Waals surface area contributed by atoms with Gasteiger partial charge in [-0.3, -0.25) is 0 Å². The maximum absolute atomic E-state index is 9.86. The molecule has 2 unspecified atom stereocenters. The van der Waals surface area contributed by atoms with Crippen LogP contribution in [0.1, 0.15) is 25.5 Å². The largest absolute Gasteiger partial charge is 0.387 e. The lowest BCUT2D eigenvalue weighted by atomic mass is 10.1. The van der Waals surface area contributed by atoms with E-state index in [0.29, 0.717) is 0 Å². The first-order valence-electron chi connectivity index (χ1n) is 4.68. The van der Waals surface area contributed by atoms with Gasteiger partial charge in [-0.2, -0.15) is 0 Å². The van der Waals surface area contributed by atoms with Gasteiger partial charge in [-0.25, -0.2) is 0 Å². The lowest BCUT2D eigenvalue weighted by Crippen LogP contribution is -2.31. The molecule has 3 nitrogen and oxygen atoms in total. The van der Waals surface area contributed by atoms with Gasteiger partial charge in [0, 0.05) is 25.5 Å². The van der Waals surface area contributed by atoms with Crippen LogP contribution in [0.2, 0.25) is 0 Å². The van der Waals surface area contributed by atoms with Crippen LogP contribution in [0.3, 0.4) is 0 Å². The van der Waals surface area contributed by atoms with Gasteiger partial charge in [0.05, 0.1) is 6.10 Å². The number of aryl methyl sites for hydroxylation is 1. The summed E-state index contributed by atoms with van der Waals surface area (Å²) in [7, 11) is 1.95. The lowest BCUT2D eigenvalue weighted by Gasteiger charge is -2.18. The average molecular weight is 182 g/mol. The molecule has 0 aliphatic carbocycles. The molecule has 13 heavy (non-hydrogen) atoms. The predicted molar refractivity (Wildman–Crippen MR) is 53.5 cm³/mol. The second-order valence-electron chi connectivity index (χ2n) is 3.40. The molecular formula is C10H18N2O. The van der Waals surface area contributed by atoms with Crippen LogP contribution in [-0.4, -0.2) is 22.3 Å². The second kappa shape index (κ2) is 4.44. The predicted octanol–water partition coefficient (Wildman–Crippen LogP) is 1.06. The molecule has 1 aromatic rings. The van der Waals surface area contributed by atoms with Gasteiger partial charge in [0.25, 0.3) is 0 Å². The van der Waals surface area contributed by atoms with Crippen LogP contribution in [0.15, 0.2) is 18.5 Å². The van der Waals surface area contributed by atoms with Gasteiger partial charge in [-0.05, 0) is 25.1 Å². The van der Waals surface area contributed by atoms with Crippen molar-refractivity contribution in [2.45, 2.75) is 26.0 Å². The molecule has 1 heterocycles. The summed E-state index contributed by atoms with van der Waals surface area (Å²) in [4.78, 5) is 0. The van der Waals surface area contributed by atoms with Gasteiger partial charge in [-0.1, -0.05) is 6.92 Å². The van der Waals surface area contributed by atoms with E-state index in [2.05, 4.69) is 5.32 Å². The summed E-state index contributed by atoms with van der Waals surface area (Å²) in [5, 5.41) is 13.1. The van der Waals surface area contributed by atoms with E-state index in [1.807, 2.05) is 43.9 Å². The van der Waals surface area contributed by atoms with Crippen molar-refractivity contribution in [3.63, 3.8) is 0 Å². The number of hydrogen-bond acceptors (Lipinski definition) is 2. The second-order valence-corrected chi connectivity index (χ2v) is 3.40. The zero-order valence-corrected chi connectivity index (χ0v) is 8.49. The summed E-state index contributed by atoms with van der Waals surface area (Å²) < 4.78 is 1.94. The number of rotatable bonds is 4. The van der Waals surface area contributed by atoms with Crippen molar-refractivity contribution in [3.05, 3.63) is 24.0 Å². The van der Waals surface area contributed by atoms with Crippen LogP contribution in [-0.2, 0) is 7.05 Å². The quantitative estimate of drug-likeness (QED) is 0.730. The molecule has 0 saturated heterocycles. The maximum atomic E-state index is 9.86. The molecule has 0 aliphatic rings. The number of aromatic nitrogens is 1. The first-order chi connectivity index (χ1) is 6.15. The SMILES string of the molecule is CCNC(C)C(O)c1ccn(C)c1. The summed E-state index contributed by atoms with van der Waals surface area (Å²) in [5.74, 6) is 0. The summed E-state index contributed by atoms with van der Waals surface area (Å²) >= 11 is 0. The van der Waals surface area contributed by atoms with Crippen LogP contribution in [0.25, 0.3) is 0 Å². The fraction of sp³-hybridized carbons (Fsp3) is 0.600. The van der Waals surface area contributed by atoms with E-state index in [4.69, 9.17) is 0 Å². The van der Waals surface area contributed by atoms with E-state index < -0.39 is 6.10 Å². The van der Waals surface area contributed by atoms with Gasteiger partial charge >= 0.3 is 0 Å². The standard InChI is InChI=1S/C10H18N2O/c1-4-11-8(2)10(13)9-5-6-12(3)7-9/h5-8,10-11,13H,4H2,1-3H3. The summed E-state index contributed by atoms with van der Waals surface area (Å²) in [6.45, 7) is 4.90. The topological polar surface area (TPSA) is 37.2 Å². The molecule has 0 spiro atoms. The molecule has 1 aromatic heterocycles. The van der Waals surface area contributed by atoms with Crippen molar-refractivity contribution in [1.82, 2.24) is 9.88 Å². The van der Waals surface area contributed by atoms with E-state index in [0.717, 1.165) is 12.1 Å². The monoisotopic (exact) mass is 182 g/mol. The summed E-state index contributed by atoms with van der Waals surface area (Å²) in [6, 6.07) is 2.05. The highest BCUT2D eigenvalue weighted by Crippen LogP contribution is 2.16. The van der Waals surface area contributed by atoms with Gasteiger partial charge in [0.15, 0.2) is 0 Å². The number of nitrogens with one attached hydrogen (secondary N) is 1. The van der Waals surface area contributed by atoms with Gasteiger partial charge in [0.2, 0.25) is 0 Å². The van der Waals surface area contributed by atoms with Gasteiger partial charge < -0.3 is 15.0 Å². The molecule has 74 valence electrons. The Balaban J connectivity index is 2.61. The third kappa shape index (κ3) is 2.57. The molecule has 0 radical (unpaired) electrons. The number of aliphatic hydroxyl groups excluding tert-OH is 1. The van der Waals surface area contributed by atoms with E-state index >= 15 is 0 Å². The minimum atomic E-state index is -0.416. The Morgan fingerprint density at radius 2 is 2.31 bits per heavy atom. The number of aliphatic hydroxyl groups is 1. The number of nitrogens with zero attached hydrogens (tertiary/aromatic N) is 1. The fourth-order valence-electron chi connectivity index (χ4n) is 1.42. The molecular weight excluding hydrogens is 164 g/mol. The Morgan fingerprint density at radius 1 is 1.62 bits per heavy atom. The van der Waals surface area contributed by atoms with E-state index in [-0.39, 0.29) is 6.04 Å². The van der Waals surface area contributed by atoms with Crippen molar-refractivity contribution < 1.29 is 5.11 Å². The molecule has 0 saturated carbocycles. The molecule has 2 atom stereocenters. The normalized spacial score (nSPS) is 15.7. The van der Waals surface area contributed by atoms with Crippen LogP contribution < -0.4 is 5.32 Å². The molecule has 0 aliphatic heterocycles. The Morgan fingerprint density at radius 3 is 2.77 bits per heavy atom. The zero-order valence-electron chi connectivity index (χ0n) is 8.49. The first kappa shape index (κ1) is 10.3. The highest BCUT2D eigenvalue weighted by atomic mass is 16.3. The Hall–Kier alpha value is -0.800. The highest BCUT2D eigenvalue weighted by Gasteiger charge is 2.15. The van der Waals surface area contributed by atoms with Gasteiger partial charge in [-0.15, -0.1) is 0 Å². The summed E-state index contributed by atoms with van der Waals surface area (Å²) in [5.41, 5.74) is 0.968. The molecule has 3 heteroatoms. The van der Waals surface area contributed by atoms with Crippen LogP contribution in [0, 0.1) is 0 Å². The van der Waals surface area contributed by atoms with E-state index in [1.165, 1.54) is 0 Å². The highest BCUT2D eigenvalue weighted by molar-refractivity contribution is 5.14. The molecule has 2 N–H and O–H groups in total. The third-order valence-corrected chi connectivity index (χ3v) is 2.20. The van der Waals surface area contributed by atoms with Crippen molar-refractivity contribution in [2.24, 2.45) is 7.05 Å². The number of likely N-dealkylation sites (N-methyl/N-ethyl adjacent to an activating group) is 1. The minimum absolute atomic E-state index is 0.104. The van der Waals surface area contributed by atoms with E-state index in [9.17, 15) is 5.11 Å². The van der Waals surface area contributed by atoms with Crippen LogP contribution >= 0.6 is 0 Å². The van der Waals surface area contributed by atoms with Crippen LogP contribution in [0.4, 0.5) is 0 Å². The average Bonchev–Trinajstić information content (AvgIpc) is 2.51. The van der Waals surface area contributed by atoms with E-state index in [1.54, 1.807) is 0 Å². The third-order valence-electron chi connectivity index (χ3n) is 2.20. The maximum Gasteiger partial charge on any atom is 0.0954 e. The van der Waals surface area contributed by atoms with Crippen molar-refractivity contribution in [2.75, 3.05) is 6.54 Å². The molecule has 0 amide bonds. The van der Waals surface area contributed by atoms with Crippen molar-refractivity contribution in [1.29, 1.82) is 0 Å². The Labute approximate surface area is 79.4 Å². The van der Waals surface area contributed by atoms with Crippen LogP contribution in [0.5, 0.6) is 0 Å². The van der Waals surface area contributed by atoms with Crippen molar-refractivity contribution >= 4 is 0 Å². The fourth-order valence-corrected chi connectivity index (χ4v) is 1.42.